The average molecular weight is 263 g/mol. The maximum absolute atomic E-state index is 12.2. The van der Waals surface area contributed by atoms with E-state index in [1.807, 2.05) is 0 Å². The van der Waals surface area contributed by atoms with Crippen molar-refractivity contribution >= 4 is 17.5 Å². The van der Waals surface area contributed by atoms with Crippen molar-refractivity contribution in [3.63, 3.8) is 0 Å². The number of benzene rings is 1. The fourth-order valence-corrected chi connectivity index (χ4v) is 2.08. The zero-order valence-electron chi connectivity index (χ0n) is 10.8. The fraction of sp³-hybridized carbons (Fsp3) is 0.385. The Hall–Kier alpha value is -2.24. The van der Waals surface area contributed by atoms with Crippen LogP contribution in [0.5, 0.6) is 5.75 Å². The van der Waals surface area contributed by atoms with E-state index >= 15 is 0 Å². The number of hydrogen-bond donors (Lipinski definition) is 2. The summed E-state index contributed by atoms with van der Waals surface area (Å²) in [4.78, 5) is 26.8. The molecule has 0 aromatic heterocycles. The van der Waals surface area contributed by atoms with Gasteiger partial charge >= 0.3 is 0 Å². The Balaban J connectivity index is 2.05. The van der Waals surface area contributed by atoms with Crippen molar-refractivity contribution in [1.82, 2.24) is 9.80 Å². The van der Waals surface area contributed by atoms with Crippen LogP contribution in [0, 0.1) is 0 Å². The number of amides is 2. The van der Waals surface area contributed by atoms with Crippen LogP contribution >= 0.6 is 0 Å². The second-order valence-electron chi connectivity index (χ2n) is 4.57. The Morgan fingerprint density at radius 2 is 1.74 bits per heavy atom. The number of hydrogen-bond acceptors (Lipinski definition) is 4. The van der Waals surface area contributed by atoms with Crippen LogP contribution in [0.1, 0.15) is 17.3 Å². The first-order chi connectivity index (χ1) is 8.99. The molecule has 19 heavy (non-hydrogen) atoms. The number of phenolic OH excluding ortho intramolecular Hbond substituents is 1. The maximum atomic E-state index is 12.2. The summed E-state index contributed by atoms with van der Waals surface area (Å²) in [6.45, 7) is 3.62. The molecule has 1 fully saturated rings. The standard InChI is InChI=1S/C13H17N3O3/c1-9(17)15-4-6-16(7-5-15)13(19)10-2-3-11(14)12(18)8-10/h2-3,8,18H,4-7,14H2,1H3. The molecule has 102 valence electrons. The number of nitrogen functional groups attached to an aromatic ring is 1. The molecule has 0 atom stereocenters. The smallest absolute Gasteiger partial charge is 0.254 e. The summed E-state index contributed by atoms with van der Waals surface area (Å²) in [5.74, 6) is -0.219. The van der Waals surface area contributed by atoms with Crippen molar-refractivity contribution in [3.8, 4) is 5.75 Å². The summed E-state index contributed by atoms with van der Waals surface area (Å²) in [5.41, 5.74) is 6.15. The molecule has 6 heteroatoms. The van der Waals surface area contributed by atoms with Crippen LogP contribution in [0.15, 0.2) is 18.2 Å². The number of carbonyl (C=O) groups is 2. The lowest BCUT2D eigenvalue weighted by Crippen LogP contribution is -2.50. The van der Waals surface area contributed by atoms with E-state index in [9.17, 15) is 14.7 Å². The van der Waals surface area contributed by atoms with Crippen molar-refractivity contribution in [1.29, 1.82) is 0 Å². The van der Waals surface area contributed by atoms with E-state index in [2.05, 4.69) is 0 Å². The monoisotopic (exact) mass is 263 g/mol. The number of nitrogens with two attached hydrogens (primary N) is 1. The molecule has 0 spiro atoms. The van der Waals surface area contributed by atoms with Crippen LogP contribution in [-0.2, 0) is 4.79 Å². The lowest BCUT2D eigenvalue weighted by molar-refractivity contribution is -0.130. The minimum Gasteiger partial charge on any atom is -0.506 e. The molecule has 6 nitrogen and oxygen atoms in total. The van der Waals surface area contributed by atoms with Crippen LogP contribution in [0.2, 0.25) is 0 Å². The van der Waals surface area contributed by atoms with E-state index in [-0.39, 0.29) is 23.3 Å². The van der Waals surface area contributed by atoms with Gasteiger partial charge in [0.15, 0.2) is 0 Å². The number of carbonyl (C=O) groups excluding carboxylic acids is 2. The number of rotatable bonds is 1. The molecule has 0 radical (unpaired) electrons. The van der Waals surface area contributed by atoms with Crippen LogP contribution in [0.4, 0.5) is 5.69 Å². The highest BCUT2D eigenvalue weighted by Gasteiger charge is 2.23. The van der Waals surface area contributed by atoms with Crippen LogP contribution < -0.4 is 5.73 Å². The SMILES string of the molecule is CC(=O)N1CCN(C(=O)c2ccc(N)c(O)c2)CC1. The van der Waals surface area contributed by atoms with Crippen molar-refractivity contribution in [2.45, 2.75) is 6.92 Å². The average Bonchev–Trinajstić information content (AvgIpc) is 2.41. The summed E-state index contributed by atoms with van der Waals surface area (Å²) in [7, 11) is 0. The molecular weight excluding hydrogens is 246 g/mol. The number of nitrogens with zero attached hydrogens (tertiary/aromatic N) is 2. The molecule has 2 rings (SSSR count). The van der Waals surface area contributed by atoms with Gasteiger partial charge in [0, 0.05) is 38.7 Å². The molecule has 1 aliphatic rings. The van der Waals surface area contributed by atoms with Crippen molar-refractivity contribution in [3.05, 3.63) is 23.8 Å². The summed E-state index contributed by atoms with van der Waals surface area (Å²) in [6, 6.07) is 4.47. The maximum Gasteiger partial charge on any atom is 0.254 e. The number of anilines is 1. The van der Waals surface area contributed by atoms with E-state index in [1.165, 1.54) is 19.1 Å². The van der Waals surface area contributed by atoms with E-state index in [1.54, 1.807) is 15.9 Å². The third kappa shape index (κ3) is 2.78. The third-order valence-electron chi connectivity index (χ3n) is 3.29. The van der Waals surface area contributed by atoms with Crippen molar-refractivity contribution in [2.75, 3.05) is 31.9 Å². The Kier molecular flexibility index (Phi) is 3.59. The van der Waals surface area contributed by atoms with Crippen molar-refractivity contribution < 1.29 is 14.7 Å². The van der Waals surface area contributed by atoms with E-state index < -0.39 is 0 Å². The van der Waals surface area contributed by atoms with E-state index in [4.69, 9.17) is 5.73 Å². The van der Waals surface area contributed by atoms with Gasteiger partial charge in [0.1, 0.15) is 5.75 Å². The highest BCUT2D eigenvalue weighted by Crippen LogP contribution is 2.21. The molecule has 1 aliphatic heterocycles. The predicted molar refractivity (Wildman–Crippen MR) is 70.7 cm³/mol. The van der Waals surface area contributed by atoms with Gasteiger partial charge in [-0.15, -0.1) is 0 Å². The Morgan fingerprint density at radius 3 is 2.26 bits per heavy atom. The number of aromatic hydroxyl groups is 1. The fourth-order valence-electron chi connectivity index (χ4n) is 2.08. The first-order valence-corrected chi connectivity index (χ1v) is 6.12. The molecule has 1 aromatic carbocycles. The molecule has 3 N–H and O–H groups in total. The molecule has 0 bridgehead atoms. The third-order valence-corrected chi connectivity index (χ3v) is 3.29. The quantitative estimate of drug-likeness (QED) is 0.563. The lowest BCUT2D eigenvalue weighted by atomic mass is 10.1. The first kappa shape index (κ1) is 13.2. The number of phenols is 1. The van der Waals surface area contributed by atoms with E-state index in [0.717, 1.165) is 0 Å². The minimum absolute atomic E-state index is 0.0252. The van der Waals surface area contributed by atoms with Crippen LogP contribution in [0.25, 0.3) is 0 Å². The predicted octanol–water partition coefficient (Wildman–Crippen LogP) is 0.279. The lowest BCUT2D eigenvalue weighted by Gasteiger charge is -2.34. The Morgan fingerprint density at radius 1 is 1.16 bits per heavy atom. The van der Waals surface area contributed by atoms with Gasteiger partial charge in [0.05, 0.1) is 5.69 Å². The second kappa shape index (κ2) is 5.17. The van der Waals surface area contributed by atoms with Crippen LogP contribution in [0.3, 0.4) is 0 Å². The molecule has 0 saturated carbocycles. The van der Waals surface area contributed by atoms with Crippen molar-refractivity contribution in [2.24, 2.45) is 0 Å². The molecule has 1 heterocycles. The molecule has 1 aromatic rings. The van der Waals surface area contributed by atoms with Gasteiger partial charge in [-0.25, -0.2) is 0 Å². The summed E-state index contributed by atoms with van der Waals surface area (Å²) in [5, 5.41) is 9.51. The van der Waals surface area contributed by atoms with Gasteiger partial charge in [-0.3, -0.25) is 9.59 Å². The molecule has 0 aliphatic carbocycles. The molecular formula is C13H17N3O3. The Bertz CT molecular complexity index is 508. The van der Waals surface area contributed by atoms with Crippen LogP contribution in [-0.4, -0.2) is 52.9 Å². The van der Waals surface area contributed by atoms with Gasteiger partial charge < -0.3 is 20.6 Å². The van der Waals surface area contributed by atoms with Gasteiger partial charge in [0.25, 0.3) is 5.91 Å². The van der Waals surface area contributed by atoms with Gasteiger partial charge in [0.2, 0.25) is 5.91 Å². The Labute approximate surface area is 111 Å². The van der Waals surface area contributed by atoms with E-state index in [0.29, 0.717) is 31.7 Å². The highest BCUT2D eigenvalue weighted by atomic mass is 16.3. The molecule has 2 amide bonds. The summed E-state index contributed by atoms with van der Waals surface area (Å²) in [6.07, 6.45) is 0. The summed E-state index contributed by atoms with van der Waals surface area (Å²) >= 11 is 0. The molecule has 0 unspecified atom stereocenters. The normalized spacial score (nSPS) is 15.4. The first-order valence-electron chi connectivity index (χ1n) is 6.12. The number of piperazine rings is 1. The summed E-state index contributed by atoms with van der Waals surface area (Å²) < 4.78 is 0. The topological polar surface area (TPSA) is 86.9 Å². The zero-order valence-corrected chi connectivity index (χ0v) is 10.8. The second-order valence-corrected chi connectivity index (χ2v) is 4.57. The zero-order chi connectivity index (χ0) is 14.0. The molecule has 1 saturated heterocycles. The minimum atomic E-state index is -0.154. The van der Waals surface area contributed by atoms with Gasteiger partial charge in [-0.05, 0) is 18.2 Å². The largest absolute Gasteiger partial charge is 0.506 e. The highest BCUT2D eigenvalue weighted by molar-refractivity contribution is 5.95. The van der Waals surface area contributed by atoms with Gasteiger partial charge in [-0.2, -0.15) is 0 Å². The van der Waals surface area contributed by atoms with Gasteiger partial charge in [-0.1, -0.05) is 0 Å².